The van der Waals surface area contributed by atoms with Crippen LogP contribution in [0.1, 0.15) is 72.8 Å². The number of carbonyl (C=O) groups is 3. The number of aliphatic hydroxyl groups excluding tert-OH is 1. The number of esters is 1. The number of carbonyl (C=O) groups excluding carboxylic acids is 3. The zero-order chi connectivity index (χ0) is 31.8. The first-order valence-corrected chi connectivity index (χ1v) is 15.6. The maximum absolute atomic E-state index is 15.1. The van der Waals surface area contributed by atoms with Crippen molar-refractivity contribution in [1.82, 2.24) is 9.80 Å². The topological polar surface area (TPSA) is 96.4 Å². The molecule has 3 saturated heterocycles. The Bertz CT molecular complexity index is 1220. The van der Waals surface area contributed by atoms with Crippen molar-refractivity contribution >= 4 is 17.8 Å². The number of aliphatic hydroxyl groups is 1. The van der Waals surface area contributed by atoms with Crippen molar-refractivity contribution in [3.63, 3.8) is 0 Å². The summed E-state index contributed by atoms with van der Waals surface area (Å²) < 4.78 is 12.5. The van der Waals surface area contributed by atoms with Crippen LogP contribution in [0, 0.1) is 17.3 Å². The van der Waals surface area contributed by atoms with E-state index in [1.807, 2.05) is 56.0 Å². The largest absolute Gasteiger partial charge is 0.461 e. The Morgan fingerprint density at radius 2 is 1.84 bits per heavy atom. The van der Waals surface area contributed by atoms with Gasteiger partial charge in [-0.1, -0.05) is 76.8 Å². The lowest BCUT2D eigenvalue weighted by atomic mass is 9.65. The molecule has 1 N–H and O–H groups in total. The Kier molecular flexibility index (Phi) is 9.34. The van der Waals surface area contributed by atoms with Crippen LogP contribution < -0.4 is 0 Å². The van der Waals surface area contributed by atoms with Gasteiger partial charge in [0.05, 0.1) is 24.2 Å². The second-order valence-corrected chi connectivity index (χ2v) is 14.3. The molecule has 0 saturated carbocycles. The van der Waals surface area contributed by atoms with E-state index >= 15 is 4.79 Å². The van der Waals surface area contributed by atoms with Gasteiger partial charge in [0.2, 0.25) is 11.8 Å². The summed E-state index contributed by atoms with van der Waals surface area (Å²) in [6.07, 6.45) is 5.78. The molecule has 0 aliphatic carbocycles. The molecule has 0 aromatic heterocycles. The highest BCUT2D eigenvalue weighted by atomic mass is 16.6. The van der Waals surface area contributed by atoms with Crippen molar-refractivity contribution in [2.24, 2.45) is 17.3 Å². The lowest BCUT2D eigenvalue weighted by molar-refractivity contribution is -0.164. The van der Waals surface area contributed by atoms with Crippen LogP contribution in [0.4, 0.5) is 0 Å². The summed E-state index contributed by atoms with van der Waals surface area (Å²) in [7, 11) is 0. The number of nitrogens with zero attached hydrogens (tertiary/aromatic N) is 2. The molecule has 2 bridgehead atoms. The number of amides is 2. The van der Waals surface area contributed by atoms with Crippen molar-refractivity contribution < 1.29 is 29.0 Å². The molecule has 6 atom stereocenters. The van der Waals surface area contributed by atoms with Crippen molar-refractivity contribution in [2.75, 3.05) is 19.8 Å². The molecular weight excluding hydrogens is 544 g/mol. The van der Waals surface area contributed by atoms with Gasteiger partial charge in [0.15, 0.2) is 0 Å². The van der Waals surface area contributed by atoms with Crippen LogP contribution in [-0.4, -0.2) is 81.3 Å². The maximum Gasteiger partial charge on any atom is 0.313 e. The molecule has 3 aliphatic heterocycles. The van der Waals surface area contributed by atoms with E-state index in [1.54, 1.807) is 11.0 Å². The Labute approximate surface area is 257 Å². The first-order chi connectivity index (χ1) is 20.2. The lowest BCUT2D eigenvalue weighted by Gasteiger charge is -2.46. The number of ether oxygens (including phenoxy) is 2. The summed E-state index contributed by atoms with van der Waals surface area (Å²) in [5.41, 5.74) is -1.85. The van der Waals surface area contributed by atoms with Crippen molar-refractivity contribution in [1.29, 1.82) is 0 Å². The summed E-state index contributed by atoms with van der Waals surface area (Å²) in [6, 6.07) is 7.91. The predicted molar refractivity (Wildman–Crippen MR) is 166 cm³/mol. The number of hydrogen-bond acceptors (Lipinski definition) is 6. The number of rotatable bonds is 13. The van der Waals surface area contributed by atoms with Gasteiger partial charge in [-0.3, -0.25) is 14.4 Å². The minimum Gasteiger partial charge on any atom is -0.461 e. The number of benzene rings is 1. The molecule has 3 heterocycles. The first-order valence-electron chi connectivity index (χ1n) is 15.6. The van der Waals surface area contributed by atoms with E-state index in [1.165, 1.54) is 6.08 Å². The van der Waals surface area contributed by atoms with E-state index < -0.39 is 46.6 Å². The summed E-state index contributed by atoms with van der Waals surface area (Å²) >= 11 is 0. The highest BCUT2D eigenvalue weighted by Crippen LogP contribution is 2.65. The molecule has 4 rings (SSSR count). The molecular formula is C35H50N2O6. The zero-order valence-electron chi connectivity index (χ0n) is 26.8. The molecule has 3 aliphatic rings. The summed E-state index contributed by atoms with van der Waals surface area (Å²) in [6.45, 7) is 20.0. The average molecular weight is 595 g/mol. The number of fused-ring (bicyclic) bond motifs is 1. The third-order valence-electron chi connectivity index (χ3n) is 9.64. The van der Waals surface area contributed by atoms with Gasteiger partial charge >= 0.3 is 5.97 Å². The third kappa shape index (κ3) is 5.80. The Morgan fingerprint density at radius 3 is 2.40 bits per heavy atom. The van der Waals surface area contributed by atoms with Gasteiger partial charge in [-0.2, -0.15) is 0 Å². The van der Waals surface area contributed by atoms with Crippen LogP contribution in [-0.2, 0) is 30.3 Å². The standard InChI is InChI=1S/C35H50N2O6/c1-9-19-36(33(7,8)23-32(4,5)6)30(40)28-35-18-17-34(11-3,43-35)27(31(41)42-20-10-2)26(35)29(39)37(28)25(22-38)21-24-15-13-12-14-16-24/h9-10,12-16,25-28,38H,1-2,11,17-23H2,3-8H3/t25-,26+,27-,28?,34+,35?/m1/s1. The van der Waals surface area contributed by atoms with Gasteiger partial charge in [0.1, 0.15) is 24.2 Å². The minimum absolute atomic E-state index is 0.0243. The van der Waals surface area contributed by atoms with Crippen LogP contribution in [0.15, 0.2) is 55.6 Å². The van der Waals surface area contributed by atoms with Crippen LogP contribution in [0.25, 0.3) is 0 Å². The molecule has 2 unspecified atom stereocenters. The zero-order valence-corrected chi connectivity index (χ0v) is 26.8. The highest BCUT2D eigenvalue weighted by molar-refractivity contribution is 5.99. The van der Waals surface area contributed by atoms with E-state index in [0.29, 0.717) is 32.1 Å². The van der Waals surface area contributed by atoms with Gasteiger partial charge in [-0.05, 0) is 56.9 Å². The fraction of sp³-hybridized carbons (Fsp3) is 0.629. The third-order valence-corrected chi connectivity index (χ3v) is 9.64. The molecule has 8 heteroatoms. The lowest BCUT2D eigenvalue weighted by Crippen LogP contribution is -2.62. The summed E-state index contributed by atoms with van der Waals surface area (Å²) in [5, 5.41) is 10.8. The quantitative estimate of drug-likeness (QED) is 0.263. The molecule has 0 radical (unpaired) electrons. The van der Waals surface area contributed by atoms with Crippen LogP contribution in [0.5, 0.6) is 0 Å². The monoisotopic (exact) mass is 594 g/mol. The van der Waals surface area contributed by atoms with Gasteiger partial charge < -0.3 is 24.4 Å². The second kappa shape index (κ2) is 12.2. The van der Waals surface area contributed by atoms with Crippen molar-refractivity contribution in [3.8, 4) is 0 Å². The van der Waals surface area contributed by atoms with Gasteiger partial charge in [0, 0.05) is 12.1 Å². The molecule has 1 spiro atoms. The van der Waals surface area contributed by atoms with Crippen molar-refractivity contribution in [3.05, 3.63) is 61.2 Å². The van der Waals surface area contributed by atoms with Crippen molar-refractivity contribution in [2.45, 2.75) is 102 Å². The molecule has 3 fully saturated rings. The molecule has 1 aromatic rings. The Balaban J connectivity index is 1.87. The van der Waals surface area contributed by atoms with Crippen LogP contribution in [0.3, 0.4) is 0 Å². The Morgan fingerprint density at radius 1 is 1.16 bits per heavy atom. The SMILES string of the molecule is C=CCOC(=O)[C@H]1[C@H]2C(=O)N([C@@H](CO)Cc3ccccc3)C(C(=O)N(CC=C)C(C)(C)CC(C)(C)C)C23CC[C@]1(CC)O3. The van der Waals surface area contributed by atoms with Crippen LogP contribution in [0.2, 0.25) is 0 Å². The fourth-order valence-electron chi connectivity index (χ4n) is 8.36. The molecule has 43 heavy (non-hydrogen) atoms. The van der Waals surface area contributed by atoms with E-state index in [9.17, 15) is 14.7 Å². The molecule has 1 aromatic carbocycles. The summed E-state index contributed by atoms with van der Waals surface area (Å²) in [5.74, 6) is -2.84. The van der Waals surface area contributed by atoms with Gasteiger partial charge in [0.25, 0.3) is 0 Å². The second-order valence-electron chi connectivity index (χ2n) is 14.3. The van der Waals surface area contributed by atoms with Gasteiger partial charge in [-0.15, -0.1) is 6.58 Å². The minimum atomic E-state index is -1.22. The van der Waals surface area contributed by atoms with Crippen LogP contribution >= 0.6 is 0 Å². The fourth-order valence-corrected chi connectivity index (χ4v) is 8.36. The highest BCUT2D eigenvalue weighted by Gasteiger charge is 2.79. The normalized spacial score (nSPS) is 28.9. The van der Waals surface area contributed by atoms with E-state index in [0.717, 1.165) is 5.56 Å². The Hall–Kier alpha value is -2.97. The maximum atomic E-state index is 15.1. The molecule has 236 valence electrons. The first kappa shape index (κ1) is 32.9. The van der Waals surface area contributed by atoms with E-state index in [2.05, 4.69) is 33.9 Å². The van der Waals surface area contributed by atoms with E-state index in [4.69, 9.17) is 9.47 Å². The van der Waals surface area contributed by atoms with E-state index in [-0.39, 0.29) is 37.0 Å². The molecule has 2 amide bonds. The number of likely N-dealkylation sites (tertiary alicyclic amines) is 1. The smallest absolute Gasteiger partial charge is 0.313 e. The summed E-state index contributed by atoms with van der Waals surface area (Å²) in [4.78, 5) is 46.8. The van der Waals surface area contributed by atoms with Gasteiger partial charge in [-0.25, -0.2) is 0 Å². The molecule has 8 nitrogen and oxygen atoms in total. The number of hydrogen-bond donors (Lipinski definition) is 1. The average Bonchev–Trinajstić information content (AvgIpc) is 3.55. The predicted octanol–water partition coefficient (Wildman–Crippen LogP) is 4.70.